The molecular formula is C14H18Cl2N2O. The summed E-state index contributed by atoms with van der Waals surface area (Å²) in [5.41, 5.74) is 1.07. The van der Waals surface area contributed by atoms with Gasteiger partial charge >= 0.3 is 0 Å². The number of hydrogen-bond donors (Lipinski definition) is 1. The Labute approximate surface area is 124 Å². The smallest absolute Gasteiger partial charge is 0.253 e. The van der Waals surface area contributed by atoms with E-state index in [1.165, 1.54) is 6.42 Å². The number of amides is 1. The Hall–Kier alpha value is -0.770. The highest BCUT2D eigenvalue weighted by Crippen LogP contribution is 2.36. The molecule has 1 unspecified atom stereocenters. The topological polar surface area (TPSA) is 32.3 Å². The molecule has 2 aliphatic heterocycles. The van der Waals surface area contributed by atoms with Crippen molar-refractivity contribution in [2.24, 2.45) is 5.41 Å². The van der Waals surface area contributed by atoms with Crippen molar-refractivity contribution in [3.05, 3.63) is 34.9 Å². The van der Waals surface area contributed by atoms with Crippen molar-refractivity contribution in [3.8, 4) is 0 Å². The summed E-state index contributed by atoms with van der Waals surface area (Å²) in [5.74, 6) is 0.135. The van der Waals surface area contributed by atoms with Gasteiger partial charge in [-0.2, -0.15) is 0 Å². The van der Waals surface area contributed by atoms with Crippen LogP contribution < -0.4 is 5.32 Å². The van der Waals surface area contributed by atoms with Gasteiger partial charge in [0, 0.05) is 35.6 Å². The number of carbonyl (C=O) groups excluding carboxylic acids is 1. The van der Waals surface area contributed by atoms with Crippen LogP contribution in [0.15, 0.2) is 24.3 Å². The molecule has 1 atom stereocenters. The van der Waals surface area contributed by atoms with Crippen LogP contribution in [0.3, 0.4) is 0 Å². The van der Waals surface area contributed by atoms with Crippen molar-refractivity contribution in [2.75, 3.05) is 26.2 Å². The van der Waals surface area contributed by atoms with E-state index in [9.17, 15) is 4.79 Å². The molecule has 1 spiro atoms. The van der Waals surface area contributed by atoms with Gasteiger partial charge in [0.15, 0.2) is 0 Å². The van der Waals surface area contributed by atoms with E-state index in [0.29, 0.717) is 10.4 Å². The fraction of sp³-hybridized carbons (Fsp3) is 0.500. The van der Waals surface area contributed by atoms with Crippen LogP contribution in [0.25, 0.3) is 0 Å². The third kappa shape index (κ3) is 2.88. The number of halogens is 2. The van der Waals surface area contributed by atoms with Crippen molar-refractivity contribution in [1.29, 1.82) is 0 Å². The molecule has 1 aromatic rings. The standard InChI is InChI=1S/C14H17ClN2O.ClH/c15-12-3-1-11(2-4-12)13(18)17-8-6-14(10-17)5-7-16-9-14;/h1-4,16H,5-10H2;1H. The van der Waals surface area contributed by atoms with Crippen molar-refractivity contribution in [3.63, 3.8) is 0 Å². The molecule has 5 heteroatoms. The first-order chi connectivity index (χ1) is 8.69. The molecule has 19 heavy (non-hydrogen) atoms. The SMILES string of the molecule is Cl.O=C(c1ccc(Cl)cc1)N1CCC2(CCNC2)C1. The zero-order valence-electron chi connectivity index (χ0n) is 10.7. The molecular weight excluding hydrogens is 283 g/mol. The Kier molecular flexibility index (Phi) is 4.39. The van der Waals surface area contributed by atoms with Crippen LogP contribution in [-0.4, -0.2) is 37.0 Å². The van der Waals surface area contributed by atoms with Gasteiger partial charge in [-0.3, -0.25) is 4.79 Å². The number of nitrogens with zero attached hydrogens (tertiary/aromatic N) is 1. The number of nitrogens with one attached hydrogen (secondary N) is 1. The fourth-order valence-electron chi connectivity index (χ4n) is 3.03. The first-order valence-corrected chi connectivity index (χ1v) is 6.82. The molecule has 3 nitrogen and oxygen atoms in total. The number of likely N-dealkylation sites (tertiary alicyclic amines) is 1. The molecule has 0 radical (unpaired) electrons. The summed E-state index contributed by atoms with van der Waals surface area (Å²) in [7, 11) is 0. The lowest BCUT2D eigenvalue weighted by molar-refractivity contribution is 0.0776. The molecule has 2 fully saturated rings. The van der Waals surface area contributed by atoms with Crippen molar-refractivity contribution < 1.29 is 4.79 Å². The van der Waals surface area contributed by atoms with E-state index in [2.05, 4.69) is 5.32 Å². The number of hydrogen-bond acceptors (Lipinski definition) is 2. The molecule has 2 saturated heterocycles. The van der Waals surface area contributed by atoms with E-state index in [1.807, 2.05) is 17.0 Å². The quantitative estimate of drug-likeness (QED) is 0.865. The second-order valence-corrected chi connectivity index (χ2v) is 5.85. The first kappa shape index (κ1) is 14.6. The Morgan fingerprint density at radius 2 is 2.00 bits per heavy atom. The second-order valence-electron chi connectivity index (χ2n) is 5.41. The highest BCUT2D eigenvalue weighted by molar-refractivity contribution is 6.30. The highest BCUT2D eigenvalue weighted by atomic mass is 35.5. The largest absolute Gasteiger partial charge is 0.338 e. The van der Waals surface area contributed by atoms with Crippen LogP contribution in [0, 0.1) is 5.41 Å². The summed E-state index contributed by atoms with van der Waals surface area (Å²) in [6.07, 6.45) is 2.32. The van der Waals surface area contributed by atoms with E-state index in [1.54, 1.807) is 12.1 Å². The van der Waals surface area contributed by atoms with E-state index >= 15 is 0 Å². The van der Waals surface area contributed by atoms with E-state index in [0.717, 1.165) is 38.2 Å². The highest BCUT2D eigenvalue weighted by Gasteiger charge is 2.41. The minimum absolute atomic E-state index is 0. The Morgan fingerprint density at radius 1 is 1.26 bits per heavy atom. The van der Waals surface area contributed by atoms with Crippen LogP contribution in [0.5, 0.6) is 0 Å². The fourth-order valence-corrected chi connectivity index (χ4v) is 3.15. The lowest BCUT2D eigenvalue weighted by Crippen LogP contribution is -2.33. The van der Waals surface area contributed by atoms with Crippen molar-refractivity contribution in [2.45, 2.75) is 12.8 Å². The van der Waals surface area contributed by atoms with Crippen LogP contribution in [0.4, 0.5) is 0 Å². The van der Waals surface area contributed by atoms with E-state index < -0.39 is 0 Å². The maximum atomic E-state index is 12.4. The van der Waals surface area contributed by atoms with Gasteiger partial charge in [0.25, 0.3) is 5.91 Å². The summed E-state index contributed by atoms with van der Waals surface area (Å²) in [6, 6.07) is 7.17. The molecule has 0 aliphatic carbocycles. The maximum absolute atomic E-state index is 12.4. The summed E-state index contributed by atoms with van der Waals surface area (Å²) < 4.78 is 0. The normalized spacial score (nSPS) is 25.6. The third-order valence-electron chi connectivity index (χ3n) is 4.15. The lowest BCUT2D eigenvalue weighted by Gasteiger charge is -2.22. The molecule has 104 valence electrons. The first-order valence-electron chi connectivity index (χ1n) is 6.44. The Morgan fingerprint density at radius 3 is 2.63 bits per heavy atom. The molecule has 2 heterocycles. The van der Waals surface area contributed by atoms with Gasteiger partial charge < -0.3 is 10.2 Å². The number of carbonyl (C=O) groups is 1. The van der Waals surface area contributed by atoms with Gasteiger partial charge in [0.1, 0.15) is 0 Å². The van der Waals surface area contributed by atoms with Crippen molar-refractivity contribution in [1.82, 2.24) is 10.2 Å². The zero-order chi connectivity index (χ0) is 12.6. The monoisotopic (exact) mass is 300 g/mol. The van der Waals surface area contributed by atoms with Crippen LogP contribution in [0.2, 0.25) is 5.02 Å². The third-order valence-corrected chi connectivity index (χ3v) is 4.40. The molecule has 0 aromatic heterocycles. The van der Waals surface area contributed by atoms with Crippen LogP contribution in [-0.2, 0) is 0 Å². The summed E-state index contributed by atoms with van der Waals surface area (Å²) in [4.78, 5) is 14.3. The average Bonchev–Trinajstić information content (AvgIpc) is 3.01. The number of rotatable bonds is 1. The van der Waals surface area contributed by atoms with Gasteiger partial charge in [0.05, 0.1) is 0 Å². The summed E-state index contributed by atoms with van der Waals surface area (Å²) in [6.45, 7) is 3.91. The molecule has 0 bridgehead atoms. The van der Waals surface area contributed by atoms with E-state index in [4.69, 9.17) is 11.6 Å². The van der Waals surface area contributed by atoms with Gasteiger partial charge in [-0.05, 0) is 43.7 Å². The predicted octanol–water partition coefficient (Wildman–Crippen LogP) is 2.59. The molecule has 3 rings (SSSR count). The van der Waals surface area contributed by atoms with Gasteiger partial charge in [-0.25, -0.2) is 0 Å². The molecule has 1 amide bonds. The molecule has 0 saturated carbocycles. The summed E-state index contributed by atoms with van der Waals surface area (Å²) in [5, 5.41) is 4.08. The van der Waals surface area contributed by atoms with Gasteiger partial charge in [0.2, 0.25) is 0 Å². The van der Waals surface area contributed by atoms with E-state index in [-0.39, 0.29) is 18.3 Å². The zero-order valence-corrected chi connectivity index (χ0v) is 12.3. The second kappa shape index (κ2) is 5.70. The van der Waals surface area contributed by atoms with Crippen molar-refractivity contribution >= 4 is 29.9 Å². The minimum atomic E-state index is 0. The summed E-state index contributed by atoms with van der Waals surface area (Å²) >= 11 is 5.84. The van der Waals surface area contributed by atoms with Gasteiger partial charge in [-0.1, -0.05) is 11.6 Å². The molecule has 1 aromatic carbocycles. The average molecular weight is 301 g/mol. The molecule has 2 aliphatic rings. The minimum Gasteiger partial charge on any atom is -0.338 e. The predicted molar refractivity (Wildman–Crippen MR) is 79.1 cm³/mol. The maximum Gasteiger partial charge on any atom is 0.253 e. The van der Waals surface area contributed by atoms with Crippen LogP contribution >= 0.6 is 24.0 Å². The Balaban J connectivity index is 0.00000133. The molecule has 1 N–H and O–H groups in total. The van der Waals surface area contributed by atoms with Crippen LogP contribution in [0.1, 0.15) is 23.2 Å². The number of benzene rings is 1. The Bertz CT molecular complexity index is 455. The lowest BCUT2D eigenvalue weighted by atomic mass is 9.86. The van der Waals surface area contributed by atoms with Gasteiger partial charge in [-0.15, -0.1) is 12.4 Å².